The van der Waals surface area contributed by atoms with Crippen molar-refractivity contribution in [3.63, 3.8) is 0 Å². The normalized spacial score (nSPS) is 10.9. The van der Waals surface area contributed by atoms with Crippen molar-refractivity contribution in [2.45, 2.75) is 13.8 Å². The van der Waals surface area contributed by atoms with E-state index >= 15 is 0 Å². The molecule has 1 rings (SSSR count). The molecule has 0 saturated carbocycles. The zero-order valence-electron chi connectivity index (χ0n) is 11.2. The molecule has 6 heteroatoms. The summed E-state index contributed by atoms with van der Waals surface area (Å²) < 4.78 is 0.775. The first-order valence-corrected chi connectivity index (χ1v) is 6.62. The predicted octanol–water partition coefficient (Wildman–Crippen LogP) is 1.53. The minimum atomic E-state index is -0.675. The van der Waals surface area contributed by atoms with Crippen molar-refractivity contribution in [2.75, 3.05) is 19.3 Å². The van der Waals surface area contributed by atoms with Gasteiger partial charge in [0, 0.05) is 23.8 Å². The lowest BCUT2D eigenvalue weighted by atomic mass is 9.92. The van der Waals surface area contributed by atoms with Crippen LogP contribution in [0.25, 0.3) is 0 Å². The van der Waals surface area contributed by atoms with Crippen LogP contribution in [0.15, 0.2) is 22.7 Å². The molecule has 0 aliphatic heterocycles. The number of carbonyl (C=O) groups is 2. The molecule has 0 unspecified atom stereocenters. The first kappa shape index (κ1) is 15.5. The van der Waals surface area contributed by atoms with E-state index in [2.05, 4.69) is 26.6 Å². The maximum Gasteiger partial charge on any atom is 0.253 e. The third-order valence-corrected chi connectivity index (χ3v) is 3.29. The fraction of sp³-hybridized carbons (Fsp3) is 0.385. The molecule has 0 fully saturated rings. The monoisotopic (exact) mass is 327 g/mol. The van der Waals surface area contributed by atoms with Gasteiger partial charge in [0.05, 0.1) is 11.0 Å². The van der Waals surface area contributed by atoms with Crippen LogP contribution in [0, 0.1) is 5.41 Å². The second kappa shape index (κ2) is 6.06. The molecule has 0 spiro atoms. The molecule has 0 radical (unpaired) electrons. The lowest BCUT2D eigenvalue weighted by molar-refractivity contribution is -0.128. The standard InChI is InChI=1S/C13H18BrN3O2/c1-13(2,12(19)16-3)7-17-11(18)9-6-8(14)4-5-10(9)15/h4-6H,7,15H2,1-3H3,(H,16,19)(H,17,18). The fourth-order valence-corrected chi connectivity index (χ4v) is 1.90. The second-order valence-electron chi connectivity index (χ2n) is 4.88. The number of nitrogens with two attached hydrogens (primary N) is 1. The highest BCUT2D eigenvalue weighted by molar-refractivity contribution is 9.10. The summed E-state index contributed by atoms with van der Waals surface area (Å²) in [6.07, 6.45) is 0. The number of hydrogen-bond acceptors (Lipinski definition) is 3. The highest BCUT2D eigenvalue weighted by Gasteiger charge is 2.27. The Hall–Kier alpha value is -1.56. The number of nitrogens with one attached hydrogen (secondary N) is 2. The quantitative estimate of drug-likeness (QED) is 0.733. The maximum absolute atomic E-state index is 12.0. The van der Waals surface area contributed by atoms with E-state index in [0.29, 0.717) is 11.3 Å². The first-order valence-electron chi connectivity index (χ1n) is 5.83. The topological polar surface area (TPSA) is 84.2 Å². The van der Waals surface area contributed by atoms with Crippen LogP contribution >= 0.6 is 15.9 Å². The molecule has 0 heterocycles. The van der Waals surface area contributed by atoms with Crippen molar-refractivity contribution >= 4 is 33.4 Å². The molecule has 0 atom stereocenters. The van der Waals surface area contributed by atoms with Crippen molar-refractivity contribution in [3.05, 3.63) is 28.2 Å². The smallest absolute Gasteiger partial charge is 0.253 e. The molecular weight excluding hydrogens is 310 g/mol. The summed E-state index contributed by atoms with van der Waals surface area (Å²) in [5, 5.41) is 5.29. The Labute approximate surface area is 121 Å². The van der Waals surface area contributed by atoms with Gasteiger partial charge >= 0.3 is 0 Å². The summed E-state index contributed by atoms with van der Waals surface area (Å²) in [5.41, 5.74) is 5.87. The number of rotatable bonds is 4. The Bertz CT molecular complexity index is 501. The van der Waals surface area contributed by atoms with Crippen LogP contribution in [0.1, 0.15) is 24.2 Å². The van der Waals surface area contributed by atoms with Gasteiger partial charge in [-0.1, -0.05) is 15.9 Å². The summed E-state index contributed by atoms with van der Waals surface area (Å²) in [7, 11) is 1.57. The van der Waals surface area contributed by atoms with Gasteiger partial charge in [0.15, 0.2) is 0 Å². The average molecular weight is 328 g/mol. The zero-order valence-corrected chi connectivity index (χ0v) is 12.8. The van der Waals surface area contributed by atoms with Crippen LogP contribution in [0.2, 0.25) is 0 Å². The van der Waals surface area contributed by atoms with Gasteiger partial charge in [-0.05, 0) is 32.0 Å². The number of anilines is 1. The van der Waals surface area contributed by atoms with Gasteiger partial charge in [0.25, 0.3) is 5.91 Å². The Morgan fingerprint density at radius 2 is 2.00 bits per heavy atom. The molecule has 4 N–H and O–H groups in total. The van der Waals surface area contributed by atoms with Crippen LogP contribution in [0.4, 0.5) is 5.69 Å². The minimum Gasteiger partial charge on any atom is -0.398 e. The van der Waals surface area contributed by atoms with Gasteiger partial charge in [0.1, 0.15) is 0 Å². The Kier molecular flexibility index (Phi) is 4.94. The zero-order chi connectivity index (χ0) is 14.6. The third-order valence-electron chi connectivity index (χ3n) is 2.79. The molecule has 2 amide bonds. The van der Waals surface area contributed by atoms with Crippen LogP contribution in [-0.4, -0.2) is 25.4 Å². The molecule has 1 aromatic carbocycles. The van der Waals surface area contributed by atoms with Gasteiger partial charge in [0.2, 0.25) is 5.91 Å². The first-order chi connectivity index (χ1) is 8.77. The molecule has 0 saturated heterocycles. The van der Waals surface area contributed by atoms with Crippen LogP contribution in [-0.2, 0) is 4.79 Å². The molecule has 19 heavy (non-hydrogen) atoms. The summed E-state index contributed by atoms with van der Waals surface area (Å²) >= 11 is 3.29. The molecule has 0 aliphatic carbocycles. The Morgan fingerprint density at radius 3 is 2.58 bits per heavy atom. The van der Waals surface area contributed by atoms with Gasteiger partial charge in [-0.2, -0.15) is 0 Å². The summed E-state index contributed by atoms with van der Waals surface area (Å²) in [6, 6.07) is 5.07. The Balaban J connectivity index is 2.76. The summed E-state index contributed by atoms with van der Waals surface area (Å²) in [5.74, 6) is -0.425. The molecular formula is C13H18BrN3O2. The van der Waals surface area contributed by atoms with Crippen LogP contribution in [0.5, 0.6) is 0 Å². The number of amides is 2. The number of halogens is 1. The largest absolute Gasteiger partial charge is 0.398 e. The summed E-state index contributed by atoms with van der Waals surface area (Å²) in [4.78, 5) is 23.6. The molecule has 104 valence electrons. The minimum absolute atomic E-state index is 0.130. The number of benzene rings is 1. The second-order valence-corrected chi connectivity index (χ2v) is 5.79. The van der Waals surface area contributed by atoms with Crippen molar-refractivity contribution < 1.29 is 9.59 Å². The molecule has 0 aromatic heterocycles. The lowest BCUT2D eigenvalue weighted by Gasteiger charge is -2.23. The van der Waals surface area contributed by atoms with Gasteiger partial charge in [-0.25, -0.2) is 0 Å². The maximum atomic E-state index is 12.0. The van der Waals surface area contributed by atoms with E-state index in [1.54, 1.807) is 39.1 Å². The molecule has 0 aliphatic rings. The highest BCUT2D eigenvalue weighted by Crippen LogP contribution is 2.19. The summed E-state index contributed by atoms with van der Waals surface area (Å²) in [6.45, 7) is 3.75. The number of carbonyl (C=O) groups excluding carboxylic acids is 2. The van der Waals surface area contributed by atoms with Crippen molar-refractivity contribution in [2.24, 2.45) is 5.41 Å². The van der Waals surface area contributed by atoms with E-state index in [1.807, 2.05) is 0 Å². The third kappa shape index (κ3) is 3.96. The highest BCUT2D eigenvalue weighted by atomic mass is 79.9. The van der Waals surface area contributed by atoms with E-state index in [4.69, 9.17) is 5.73 Å². The number of nitrogen functional groups attached to an aromatic ring is 1. The van der Waals surface area contributed by atoms with Crippen LogP contribution in [0.3, 0.4) is 0 Å². The molecule has 5 nitrogen and oxygen atoms in total. The lowest BCUT2D eigenvalue weighted by Crippen LogP contribution is -2.43. The Morgan fingerprint density at radius 1 is 1.37 bits per heavy atom. The van der Waals surface area contributed by atoms with Gasteiger partial charge in [-0.15, -0.1) is 0 Å². The van der Waals surface area contributed by atoms with E-state index in [-0.39, 0.29) is 18.4 Å². The predicted molar refractivity (Wildman–Crippen MR) is 78.7 cm³/mol. The molecule has 0 bridgehead atoms. The van der Waals surface area contributed by atoms with Crippen molar-refractivity contribution in [1.82, 2.24) is 10.6 Å². The van der Waals surface area contributed by atoms with Gasteiger partial charge < -0.3 is 16.4 Å². The average Bonchev–Trinajstić information content (AvgIpc) is 2.37. The molecule has 1 aromatic rings. The van der Waals surface area contributed by atoms with Crippen molar-refractivity contribution in [3.8, 4) is 0 Å². The number of hydrogen-bond donors (Lipinski definition) is 3. The van der Waals surface area contributed by atoms with Gasteiger partial charge in [-0.3, -0.25) is 9.59 Å². The van der Waals surface area contributed by atoms with E-state index in [9.17, 15) is 9.59 Å². The van der Waals surface area contributed by atoms with E-state index in [0.717, 1.165) is 4.47 Å². The SMILES string of the molecule is CNC(=O)C(C)(C)CNC(=O)c1cc(Br)ccc1N. The van der Waals surface area contributed by atoms with E-state index < -0.39 is 5.41 Å². The van der Waals surface area contributed by atoms with E-state index in [1.165, 1.54) is 0 Å². The van der Waals surface area contributed by atoms with Crippen molar-refractivity contribution in [1.29, 1.82) is 0 Å². The fourth-order valence-electron chi connectivity index (χ4n) is 1.54. The van der Waals surface area contributed by atoms with Crippen LogP contribution < -0.4 is 16.4 Å².